The van der Waals surface area contributed by atoms with E-state index in [0.717, 1.165) is 0 Å². The number of fused-ring (bicyclic) bond motifs is 1. The summed E-state index contributed by atoms with van der Waals surface area (Å²) < 4.78 is 47.5. The van der Waals surface area contributed by atoms with E-state index in [9.17, 15) is 18.0 Å². The summed E-state index contributed by atoms with van der Waals surface area (Å²) in [4.78, 5) is 12.4. The summed E-state index contributed by atoms with van der Waals surface area (Å²) >= 11 is 0. The zero-order valence-corrected chi connectivity index (χ0v) is 14.2. The zero-order chi connectivity index (χ0) is 17.6. The Balaban J connectivity index is 1.56. The molecule has 4 fully saturated rings. The molecule has 4 aliphatic carbocycles. The van der Waals surface area contributed by atoms with Gasteiger partial charge in [-0.05, 0) is 62.2 Å². The molecular formula is C18H21F3N2O2. The van der Waals surface area contributed by atoms with Crippen LogP contribution < -0.4 is 0 Å². The van der Waals surface area contributed by atoms with Gasteiger partial charge in [0.25, 0.3) is 0 Å². The minimum Gasteiger partial charge on any atom is -0.461 e. The molecule has 25 heavy (non-hydrogen) atoms. The topological polar surface area (TPSA) is 44.1 Å². The molecule has 4 saturated carbocycles. The van der Waals surface area contributed by atoms with Gasteiger partial charge in [-0.2, -0.15) is 18.3 Å². The van der Waals surface area contributed by atoms with Gasteiger partial charge in [-0.3, -0.25) is 4.68 Å². The number of hydrogen-bond donors (Lipinski definition) is 0. The number of aromatic nitrogens is 2. The highest BCUT2D eigenvalue weighted by Gasteiger charge is 2.86. The highest BCUT2D eigenvalue weighted by molar-refractivity contribution is 5.90. The highest BCUT2D eigenvalue weighted by atomic mass is 19.4. The van der Waals surface area contributed by atoms with Crippen molar-refractivity contribution in [3.8, 4) is 0 Å². The van der Waals surface area contributed by atoms with E-state index in [4.69, 9.17) is 4.74 Å². The van der Waals surface area contributed by atoms with Crippen LogP contribution in [0, 0.1) is 16.7 Å². The van der Waals surface area contributed by atoms with E-state index in [1.807, 2.05) is 0 Å². The Morgan fingerprint density at radius 2 is 1.84 bits per heavy atom. The molecule has 0 bridgehead atoms. The van der Waals surface area contributed by atoms with Crippen LogP contribution in [-0.4, -0.2) is 22.4 Å². The van der Waals surface area contributed by atoms with Crippen LogP contribution in [-0.2, 0) is 17.5 Å². The Morgan fingerprint density at radius 1 is 1.24 bits per heavy atom. The third-order valence-electron chi connectivity index (χ3n) is 6.87. The van der Waals surface area contributed by atoms with Crippen molar-refractivity contribution in [2.45, 2.75) is 64.1 Å². The molecule has 0 radical (unpaired) electrons. The first kappa shape index (κ1) is 15.7. The second-order valence-corrected chi connectivity index (χ2v) is 8.15. The van der Waals surface area contributed by atoms with Crippen molar-refractivity contribution in [3.05, 3.63) is 17.0 Å². The number of alkyl halides is 3. The molecule has 1 heterocycles. The monoisotopic (exact) mass is 354 g/mol. The summed E-state index contributed by atoms with van der Waals surface area (Å²) in [5.74, 6) is -0.694. The molecule has 136 valence electrons. The molecule has 0 amide bonds. The largest absolute Gasteiger partial charge is 0.461 e. The van der Waals surface area contributed by atoms with Crippen LogP contribution in [0.5, 0.6) is 0 Å². The lowest BCUT2D eigenvalue weighted by Gasteiger charge is -2.11. The van der Waals surface area contributed by atoms with Gasteiger partial charge in [0.05, 0.1) is 12.3 Å². The molecule has 7 heteroatoms. The van der Waals surface area contributed by atoms with Crippen LogP contribution in [0.1, 0.15) is 73.1 Å². The summed E-state index contributed by atoms with van der Waals surface area (Å²) in [6, 6.07) is 0. The summed E-state index contributed by atoms with van der Waals surface area (Å²) in [5, 5.41) is 4.30. The molecule has 0 N–H and O–H groups in total. The predicted octanol–water partition coefficient (Wildman–Crippen LogP) is 4.15. The molecule has 4 nitrogen and oxygen atoms in total. The fraction of sp³-hybridized carbons (Fsp3) is 0.778. The molecule has 0 aromatic carbocycles. The van der Waals surface area contributed by atoms with Crippen molar-refractivity contribution in [1.29, 1.82) is 0 Å². The molecule has 1 aromatic heterocycles. The van der Waals surface area contributed by atoms with Crippen LogP contribution in [0.15, 0.2) is 0 Å². The van der Waals surface area contributed by atoms with E-state index in [0.29, 0.717) is 36.1 Å². The number of carbonyl (C=O) groups is 1. The van der Waals surface area contributed by atoms with Gasteiger partial charge in [0.1, 0.15) is 5.56 Å². The van der Waals surface area contributed by atoms with Gasteiger partial charge in [0.2, 0.25) is 0 Å². The minimum absolute atomic E-state index is 0.0471. The summed E-state index contributed by atoms with van der Waals surface area (Å²) in [5.41, 5.74) is -0.490. The average molecular weight is 354 g/mol. The molecule has 0 atom stereocenters. The number of hydrogen-bond acceptors (Lipinski definition) is 3. The van der Waals surface area contributed by atoms with Gasteiger partial charge in [0, 0.05) is 12.5 Å². The summed E-state index contributed by atoms with van der Waals surface area (Å²) in [6.45, 7) is 2.08. The number of rotatable bonds is 5. The fourth-order valence-electron chi connectivity index (χ4n) is 5.27. The third-order valence-corrected chi connectivity index (χ3v) is 6.87. The molecule has 0 aliphatic heterocycles. The molecular weight excluding hydrogens is 333 g/mol. The molecule has 4 aliphatic rings. The Hall–Kier alpha value is -1.53. The lowest BCUT2D eigenvalue weighted by atomic mass is 10.1. The first-order valence-electron chi connectivity index (χ1n) is 9.19. The first-order valence-corrected chi connectivity index (χ1v) is 9.19. The molecule has 2 spiro atoms. The van der Waals surface area contributed by atoms with Crippen molar-refractivity contribution in [1.82, 2.24) is 9.78 Å². The predicted molar refractivity (Wildman–Crippen MR) is 82.0 cm³/mol. The lowest BCUT2D eigenvalue weighted by molar-refractivity contribution is -0.138. The second-order valence-electron chi connectivity index (χ2n) is 8.15. The zero-order valence-electron chi connectivity index (χ0n) is 14.2. The number of ether oxygens (including phenoxy) is 1. The SMILES string of the molecule is CCOC(=O)c1c(C(F)(F)F)c(C2CC2)nn1CC1C2(CC2)C12CC2. The summed E-state index contributed by atoms with van der Waals surface area (Å²) in [7, 11) is 0. The smallest absolute Gasteiger partial charge is 0.420 e. The molecule has 1 aromatic rings. The van der Waals surface area contributed by atoms with Crippen molar-refractivity contribution in [2.75, 3.05) is 6.61 Å². The van der Waals surface area contributed by atoms with Crippen LogP contribution >= 0.6 is 0 Å². The molecule has 0 saturated heterocycles. The van der Waals surface area contributed by atoms with E-state index in [-0.39, 0.29) is 23.9 Å². The Kier molecular flexibility index (Phi) is 2.89. The minimum atomic E-state index is -4.59. The quantitative estimate of drug-likeness (QED) is 0.746. The maximum Gasteiger partial charge on any atom is 0.420 e. The number of carbonyl (C=O) groups excluding carboxylic acids is 1. The van der Waals surface area contributed by atoms with E-state index >= 15 is 0 Å². The lowest BCUT2D eigenvalue weighted by Crippen LogP contribution is -2.20. The van der Waals surface area contributed by atoms with Gasteiger partial charge >= 0.3 is 12.1 Å². The second kappa shape index (κ2) is 4.60. The van der Waals surface area contributed by atoms with E-state index in [1.165, 1.54) is 30.4 Å². The molecule has 5 rings (SSSR count). The Morgan fingerprint density at radius 3 is 2.28 bits per heavy atom. The van der Waals surface area contributed by atoms with Crippen molar-refractivity contribution < 1.29 is 22.7 Å². The number of nitrogens with zero attached hydrogens (tertiary/aromatic N) is 2. The Labute approximate surface area is 143 Å². The number of esters is 1. The van der Waals surface area contributed by atoms with Gasteiger partial charge < -0.3 is 4.74 Å². The van der Waals surface area contributed by atoms with E-state index in [1.54, 1.807) is 6.92 Å². The maximum atomic E-state index is 13.7. The van der Waals surface area contributed by atoms with Crippen LogP contribution in [0.2, 0.25) is 0 Å². The first-order chi connectivity index (χ1) is 11.8. The number of halogens is 3. The van der Waals surface area contributed by atoms with Crippen LogP contribution in [0.4, 0.5) is 13.2 Å². The highest BCUT2D eigenvalue weighted by Crippen LogP contribution is 2.92. The Bertz CT molecular complexity index is 737. The van der Waals surface area contributed by atoms with Crippen molar-refractivity contribution in [2.24, 2.45) is 16.7 Å². The normalized spacial score (nSPS) is 25.4. The van der Waals surface area contributed by atoms with Gasteiger partial charge in [-0.25, -0.2) is 4.79 Å². The van der Waals surface area contributed by atoms with E-state index in [2.05, 4.69) is 5.10 Å². The maximum absolute atomic E-state index is 13.7. The summed E-state index contributed by atoms with van der Waals surface area (Å²) in [6.07, 6.45) is 1.53. The average Bonchev–Trinajstić information content (AvgIpc) is 3.39. The van der Waals surface area contributed by atoms with Gasteiger partial charge in [0.15, 0.2) is 5.69 Å². The standard InChI is InChI=1S/C18H21F3N2O2/c1-2-25-15(24)14-12(18(19,20)21)13(10-3-4-10)22-23(14)9-11-16(5-6-16)17(11)7-8-17/h10-11H,2-9H2,1H3. The van der Waals surface area contributed by atoms with Crippen molar-refractivity contribution >= 4 is 5.97 Å². The third kappa shape index (κ3) is 2.07. The van der Waals surface area contributed by atoms with Crippen molar-refractivity contribution in [3.63, 3.8) is 0 Å². The van der Waals surface area contributed by atoms with Crippen LogP contribution in [0.3, 0.4) is 0 Å². The fourth-order valence-corrected chi connectivity index (χ4v) is 5.27. The van der Waals surface area contributed by atoms with Crippen LogP contribution in [0.25, 0.3) is 0 Å². The molecule has 0 unspecified atom stereocenters. The van der Waals surface area contributed by atoms with E-state index < -0.39 is 17.7 Å². The van der Waals surface area contributed by atoms with Gasteiger partial charge in [-0.15, -0.1) is 0 Å². The van der Waals surface area contributed by atoms with Gasteiger partial charge in [-0.1, -0.05) is 0 Å².